The minimum Gasteiger partial charge on any atom is -0.497 e. The summed E-state index contributed by atoms with van der Waals surface area (Å²) in [5.74, 6) is 1.54. The molecule has 0 amide bonds. The first-order chi connectivity index (χ1) is 9.08. The van der Waals surface area contributed by atoms with Crippen molar-refractivity contribution in [3.8, 4) is 11.5 Å². The Morgan fingerprint density at radius 1 is 1.26 bits per heavy atom. The molecule has 1 aromatic rings. The molecule has 4 nitrogen and oxygen atoms in total. The van der Waals surface area contributed by atoms with Crippen LogP contribution in [0.25, 0.3) is 0 Å². The standard InChI is InChI=1S/C14H22N2O2S/c1-5-16(6-2)13(14(15)19)11-9-10(17-3)7-8-12(11)18-4/h7-9,13H,5-6H2,1-4H3,(H2,15,19). The summed E-state index contributed by atoms with van der Waals surface area (Å²) < 4.78 is 10.7. The molecule has 0 fully saturated rings. The van der Waals surface area contributed by atoms with Gasteiger partial charge in [-0.2, -0.15) is 0 Å². The van der Waals surface area contributed by atoms with Crippen LogP contribution in [0.3, 0.4) is 0 Å². The van der Waals surface area contributed by atoms with Crippen LogP contribution < -0.4 is 15.2 Å². The summed E-state index contributed by atoms with van der Waals surface area (Å²) in [4.78, 5) is 2.63. The third-order valence-corrected chi connectivity index (χ3v) is 3.40. The van der Waals surface area contributed by atoms with Crippen LogP contribution in [0.15, 0.2) is 18.2 Å². The third kappa shape index (κ3) is 3.58. The maximum atomic E-state index is 5.93. The van der Waals surface area contributed by atoms with Crippen LogP contribution in [0.5, 0.6) is 11.5 Å². The smallest absolute Gasteiger partial charge is 0.124 e. The predicted octanol–water partition coefficient (Wildman–Crippen LogP) is 2.37. The molecule has 0 radical (unpaired) electrons. The number of likely N-dealkylation sites (N-methyl/N-ethyl adjacent to an activating group) is 1. The summed E-state index contributed by atoms with van der Waals surface area (Å²) in [6.07, 6.45) is 0. The lowest BCUT2D eigenvalue weighted by molar-refractivity contribution is 0.265. The molecule has 5 heteroatoms. The second kappa shape index (κ2) is 7.31. The Hall–Kier alpha value is -1.33. The first-order valence-corrected chi connectivity index (χ1v) is 6.75. The van der Waals surface area contributed by atoms with Gasteiger partial charge in [0.2, 0.25) is 0 Å². The minimum absolute atomic E-state index is 0.143. The number of thiocarbonyl (C=S) groups is 1. The highest BCUT2D eigenvalue weighted by molar-refractivity contribution is 7.80. The topological polar surface area (TPSA) is 47.7 Å². The molecule has 0 aliphatic heterocycles. The van der Waals surface area contributed by atoms with Gasteiger partial charge in [0.25, 0.3) is 0 Å². The fraction of sp³-hybridized carbons (Fsp3) is 0.500. The molecule has 1 atom stereocenters. The van der Waals surface area contributed by atoms with E-state index in [0.29, 0.717) is 4.99 Å². The van der Waals surface area contributed by atoms with E-state index < -0.39 is 0 Å². The monoisotopic (exact) mass is 282 g/mol. The molecule has 0 aliphatic carbocycles. The fourth-order valence-corrected chi connectivity index (χ4v) is 2.45. The molecule has 2 N–H and O–H groups in total. The Morgan fingerprint density at radius 2 is 1.89 bits per heavy atom. The first-order valence-electron chi connectivity index (χ1n) is 6.34. The maximum absolute atomic E-state index is 5.93. The number of nitrogens with zero attached hydrogens (tertiary/aromatic N) is 1. The zero-order valence-electron chi connectivity index (χ0n) is 12.0. The molecule has 0 saturated carbocycles. The van der Waals surface area contributed by atoms with E-state index in [-0.39, 0.29) is 6.04 Å². The van der Waals surface area contributed by atoms with Crippen LogP contribution in [0.4, 0.5) is 0 Å². The highest BCUT2D eigenvalue weighted by Crippen LogP contribution is 2.32. The van der Waals surface area contributed by atoms with E-state index in [2.05, 4.69) is 18.7 Å². The Labute approximate surface area is 120 Å². The van der Waals surface area contributed by atoms with Crippen LogP contribution in [-0.2, 0) is 0 Å². The van der Waals surface area contributed by atoms with Crippen molar-refractivity contribution >= 4 is 17.2 Å². The van der Waals surface area contributed by atoms with Gasteiger partial charge in [-0.25, -0.2) is 0 Å². The molecule has 0 aliphatic rings. The number of benzene rings is 1. The summed E-state index contributed by atoms with van der Waals surface area (Å²) >= 11 is 5.23. The molecule has 0 bridgehead atoms. The van der Waals surface area contributed by atoms with Gasteiger partial charge < -0.3 is 15.2 Å². The van der Waals surface area contributed by atoms with Gasteiger partial charge in [-0.3, -0.25) is 4.90 Å². The molecule has 0 saturated heterocycles. The first kappa shape index (κ1) is 15.7. The molecule has 0 aromatic heterocycles. The van der Waals surface area contributed by atoms with Gasteiger partial charge >= 0.3 is 0 Å². The molecule has 1 aromatic carbocycles. The van der Waals surface area contributed by atoms with Gasteiger partial charge in [0, 0.05) is 5.56 Å². The number of rotatable bonds is 7. The molecule has 1 unspecified atom stereocenters. The Morgan fingerprint density at radius 3 is 2.32 bits per heavy atom. The van der Waals surface area contributed by atoms with Crippen molar-refractivity contribution < 1.29 is 9.47 Å². The van der Waals surface area contributed by atoms with Gasteiger partial charge in [-0.1, -0.05) is 26.1 Å². The van der Waals surface area contributed by atoms with Crippen LogP contribution >= 0.6 is 12.2 Å². The van der Waals surface area contributed by atoms with Crippen molar-refractivity contribution in [2.24, 2.45) is 5.73 Å². The highest BCUT2D eigenvalue weighted by atomic mass is 32.1. The van der Waals surface area contributed by atoms with E-state index in [1.54, 1.807) is 14.2 Å². The van der Waals surface area contributed by atoms with Crippen molar-refractivity contribution in [3.05, 3.63) is 23.8 Å². The second-order valence-corrected chi connectivity index (χ2v) is 4.61. The number of hydrogen-bond acceptors (Lipinski definition) is 4. The number of methoxy groups -OCH3 is 2. The predicted molar refractivity (Wildman–Crippen MR) is 82.0 cm³/mol. The lowest BCUT2D eigenvalue weighted by Crippen LogP contribution is -2.36. The molecule has 1 rings (SSSR count). The molecule has 19 heavy (non-hydrogen) atoms. The molecule has 106 valence electrons. The molecule has 0 heterocycles. The summed E-state index contributed by atoms with van der Waals surface area (Å²) in [6, 6.07) is 5.53. The van der Waals surface area contributed by atoms with Crippen LogP contribution in [0, 0.1) is 0 Å². The Kier molecular flexibility index (Phi) is 6.05. The summed E-state index contributed by atoms with van der Waals surface area (Å²) in [5, 5.41) is 0. The number of ether oxygens (including phenoxy) is 2. The third-order valence-electron chi connectivity index (χ3n) is 3.18. The largest absolute Gasteiger partial charge is 0.497 e. The summed E-state index contributed by atoms with van der Waals surface area (Å²) in [7, 11) is 3.28. The highest BCUT2D eigenvalue weighted by Gasteiger charge is 2.24. The van der Waals surface area contributed by atoms with E-state index in [9.17, 15) is 0 Å². The van der Waals surface area contributed by atoms with E-state index in [0.717, 1.165) is 30.2 Å². The normalized spacial score (nSPS) is 12.3. The second-order valence-electron chi connectivity index (χ2n) is 4.13. The maximum Gasteiger partial charge on any atom is 0.124 e. The number of nitrogens with two attached hydrogens (primary N) is 1. The summed E-state index contributed by atoms with van der Waals surface area (Å²) in [6.45, 7) is 5.89. The van der Waals surface area contributed by atoms with E-state index in [4.69, 9.17) is 27.4 Å². The summed E-state index contributed by atoms with van der Waals surface area (Å²) in [5.41, 5.74) is 6.87. The zero-order chi connectivity index (χ0) is 14.4. The molecular weight excluding hydrogens is 260 g/mol. The van der Waals surface area contributed by atoms with Crippen LogP contribution in [0.1, 0.15) is 25.5 Å². The Bertz CT molecular complexity index is 433. The van der Waals surface area contributed by atoms with Crippen molar-refractivity contribution in [3.63, 3.8) is 0 Å². The molecule has 0 spiro atoms. The van der Waals surface area contributed by atoms with Gasteiger partial charge in [0.1, 0.15) is 11.5 Å². The van der Waals surface area contributed by atoms with Crippen molar-refractivity contribution in [1.29, 1.82) is 0 Å². The molecular formula is C14H22N2O2S. The van der Waals surface area contributed by atoms with Crippen molar-refractivity contribution in [1.82, 2.24) is 4.90 Å². The quantitative estimate of drug-likeness (QED) is 0.778. The number of hydrogen-bond donors (Lipinski definition) is 1. The fourth-order valence-electron chi connectivity index (χ4n) is 2.17. The van der Waals surface area contributed by atoms with E-state index >= 15 is 0 Å². The van der Waals surface area contributed by atoms with Crippen LogP contribution in [-0.4, -0.2) is 37.2 Å². The van der Waals surface area contributed by atoms with Gasteiger partial charge in [-0.15, -0.1) is 0 Å². The van der Waals surface area contributed by atoms with Crippen molar-refractivity contribution in [2.45, 2.75) is 19.9 Å². The lowest BCUT2D eigenvalue weighted by Gasteiger charge is -2.30. The van der Waals surface area contributed by atoms with E-state index in [1.165, 1.54) is 0 Å². The average molecular weight is 282 g/mol. The SMILES string of the molecule is CCN(CC)C(C(N)=S)c1cc(OC)ccc1OC. The lowest BCUT2D eigenvalue weighted by atomic mass is 10.0. The van der Waals surface area contributed by atoms with Gasteiger partial charge in [0.15, 0.2) is 0 Å². The van der Waals surface area contributed by atoms with Crippen molar-refractivity contribution in [2.75, 3.05) is 27.3 Å². The zero-order valence-corrected chi connectivity index (χ0v) is 12.8. The van der Waals surface area contributed by atoms with Gasteiger partial charge in [-0.05, 0) is 31.3 Å². The van der Waals surface area contributed by atoms with E-state index in [1.807, 2.05) is 18.2 Å². The average Bonchev–Trinajstić information content (AvgIpc) is 2.43. The minimum atomic E-state index is -0.143. The Balaban J connectivity index is 3.31. The van der Waals surface area contributed by atoms with Gasteiger partial charge in [0.05, 0.1) is 25.2 Å². The van der Waals surface area contributed by atoms with Crippen LogP contribution in [0.2, 0.25) is 0 Å².